The van der Waals surface area contributed by atoms with Crippen LogP contribution in [0.4, 0.5) is 18.9 Å². The van der Waals surface area contributed by atoms with Crippen molar-refractivity contribution in [3.63, 3.8) is 0 Å². The van der Waals surface area contributed by atoms with Crippen LogP contribution >= 0.6 is 0 Å². The summed E-state index contributed by atoms with van der Waals surface area (Å²) >= 11 is 0. The number of amides is 1. The highest BCUT2D eigenvalue weighted by Gasteiger charge is 2.31. The summed E-state index contributed by atoms with van der Waals surface area (Å²) in [5.41, 5.74) is 2.58. The summed E-state index contributed by atoms with van der Waals surface area (Å²) in [5, 5.41) is 9.80. The van der Waals surface area contributed by atoms with Crippen molar-refractivity contribution in [1.29, 1.82) is 5.26 Å². The first-order chi connectivity index (χ1) is 21.7. The number of ether oxygens (including phenoxy) is 1. The van der Waals surface area contributed by atoms with Gasteiger partial charge in [-0.1, -0.05) is 12.1 Å². The third-order valence-electron chi connectivity index (χ3n) is 8.92. The summed E-state index contributed by atoms with van der Waals surface area (Å²) in [5.74, 6) is 0.850. The van der Waals surface area contributed by atoms with Crippen molar-refractivity contribution in [2.45, 2.75) is 50.6 Å². The standard InChI is InChI=1S/C35H35F3N4O3/c1-40(28-12-16-41(17-13-28)23-25-4-2-24(22-39)3-5-25)34(43)33-21-26-20-31(10-11-32(26)45-33)44-30-14-18-42(19-15-30)29-8-6-27(7-9-29)35(36,37)38/h2-11,20-21,28,30H,12-19,23H2,1H3. The van der Waals surface area contributed by atoms with E-state index in [0.717, 1.165) is 68.5 Å². The molecule has 3 heterocycles. The van der Waals surface area contributed by atoms with E-state index < -0.39 is 11.7 Å². The van der Waals surface area contributed by atoms with Gasteiger partial charge in [0.15, 0.2) is 5.76 Å². The molecule has 2 fully saturated rings. The molecule has 0 bridgehead atoms. The van der Waals surface area contributed by atoms with Crippen LogP contribution in [0, 0.1) is 11.3 Å². The van der Waals surface area contributed by atoms with Crippen LogP contribution < -0.4 is 9.64 Å². The maximum Gasteiger partial charge on any atom is 0.416 e. The Morgan fingerprint density at radius 1 is 0.956 bits per heavy atom. The van der Waals surface area contributed by atoms with Gasteiger partial charge in [0.05, 0.1) is 17.2 Å². The number of hydrogen-bond donors (Lipinski definition) is 0. The highest BCUT2D eigenvalue weighted by atomic mass is 19.4. The Bertz CT molecular complexity index is 1660. The third kappa shape index (κ3) is 7.10. The summed E-state index contributed by atoms with van der Waals surface area (Å²) in [6.45, 7) is 3.95. The Balaban J connectivity index is 1.00. The van der Waals surface area contributed by atoms with E-state index in [9.17, 15) is 18.0 Å². The number of fused-ring (bicyclic) bond motifs is 1. The topological polar surface area (TPSA) is 73.0 Å². The van der Waals surface area contributed by atoms with E-state index >= 15 is 0 Å². The monoisotopic (exact) mass is 616 g/mol. The molecular formula is C35H35F3N4O3. The van der Waals surface area contributed by atoms with E-state index in [1.54, 1.807) is 11.0 Å². The maximum atomic E-state index is 13.4. The number of carbonyl (C=O) groups is 1. The van der Waals surface area contributed by atoms with Gasteiger partial charge in [-0.15, -0.1) is 0 Å². The second-order valence-electron chi connectivity index (χ2n) is 11.9. The van der Waals surface area contributed by atoms with Gasteiger partial charge in [-0.25, -0.2) is 0 Å². The number of furan rings is 1. The molecular weight excluding hydrogens is 581 g/mol. The average molecular weight is 617 g/mol. The number of nitrogens with zero attached hydrogens (tertiary/aromatic N) is 4. The van der Waals surface area contributed by atoms with Crippen LogP contribution in [0.3, 0.4) is 0 Å². The van der Waals surface area contributed by atoms with E-state index in [4.69, 9.17) is 14.4 Å². The minimum Gasteiger partial charge on any atom is -0.490 e. The molecule has 234 valence electrons. The predicted octanol–water partition coefficient (Wildman–Crippen LogP) is 7.11. The van der Waals surface area contributed by atoms with E-state index in [-0.39, 0.29) is 18.1 Å². The molecule has 45 heavy (non-hydrogen) atoms. The maximum absolute atomic E-state index is 13.4. The van der Waals surface area contributed by atoms with Crippen molar-refractivity contribution in [2.75, 3.05) is 38.1 Å². The normalized spacial score (nSPS) is 16.9. The lowest BCUT2D eigenvalue weighted by molar-refractivity contribution is -0.137. The van der Waals surface area contributed by atoms with Crippen molar-refractivity contribution in [2.24, 2.45) is 0 Å². The molecule has 0 atom stereocenters. The molecule has 0 aliphatic carbocycles. The van der Waals surface area contributed by atoms with Gasteiger partial charge in [0.1, 0.15) is 17.4 Å². The van der Waals surface area contributed by atoms with Crippen LogP contribution in [0.5, 0.6) is 5.75 Å². The van der Waals surface area contributed by atoms with E-state index in [0.29, 0.717) is 35.7 Å². The van der Waals surface area contributed by atoms with Gasteiger partial charge in [-0.3, -0.25) is 9.69 Å². The molecule has 1 aromatic heterocycles. The van der Waals surface area contributed by atoms with Gasteiger partial charge < -0.3 is 19.0 Å². The number of likely N-dealkylation sites (tertiary alicyclic amines) is 1. The Morgan fingerprint density at radius 3 is 2.29 bits per heavy atom. The number of hydrogen-bond acceptors (Lipinski definition) is 6. The summed E-state index contributed by atoms with van der Waals surface area (Å²) in [6.07, 6.45) is -1.14. The predicted molar refractivity (Wildman–Crippen MR) is 165 cm³/mol. The minimum absolute atomic E-state index is 0.0185. The van der Waals surface area contributed by atoms with Crippen molar-refractivity contribution in [3.8, 4) is 11.8 Å². The Morgan fingerprint density at radius 2 is 1.64 bits per heavy atom. The average Bonchev–Trinajstić information content (AvgIpc) is 3.48. The van der Waals surface area contributed by atoms with Crippen LogP contribution in [0.25, 0.3) is 11.0 Å². The SMILES string of the molecule is CN(C(=O)c1cc2cc(OC3CCN(c4ccc(C(F)(F)F)cc4)CC3)ccc2o1)C1CCN(Cc2ccc(C#N)cc2)CC1. The smallest absolute Gasteiger partial charge is 0.416 e. The number of rotatable bonds is 7. The highest BCUT2D eigenvalue weighted by molar-refractivity contribution is 5.96. The molecule has 0 unspecified atom stereocenters. The van der Waals surface area contributed by atoms with Gasteiger partial charge in [0.2, 0.25) is 0 Å². The second kappa shape index (κ2) is 12.9. The van der Waals surface area contributed by atoms with Gasteiger partial charge in [0.25, 0.3) is 5.91 Å². The zero-order valence-corrected chi connectivity index (χ0v) is 25.1. The molecule has 6 rings (SSSR count). The molecule has 7 nitrogen and oxygen atoms in total. The van der Waals surface area contributed by atoms with E-state index in [2.05, 4.69) is 15.9 Å². The fraction of sp³-hybridized carbons (Fsp3) is 0.371. The molecule has 2 saturated heterocycles. The fourth-order valence-electron chi connectivity index (χ4n) is 6.23. The van der Waals surface area contributed by atoms with Gasteiger partial charge >= 0.3 is 6.18 Å². The molecule has 4 aromatic rings. The first-order valence-corrected chi connectivity index (χ1v) is 15.3. The molecule has 1 amide bonds. The Kier molecular flexibility index (Phi) is 8.72. The van der Waals surface area contributed by atoms with Gasteiger partial charge in [-0.2, -0.15) is 18.4 Å². The van der Waals surface area contributed by atoms with Crippen LogP contribution in [-0.2, 0) is 12.7 Å². The number of alkyl halides is 3. The van der Waals surface area contributed by atoms with Crippen LogP contribution in [-0.4, -0.2) is 61.1 Å². The number of halogens is 3. The Labute approximate surface area is 260 Å². The largest absolute Gasteiger partial charge is 0.490 e. The summed E-state index contributed by atoms with van der Waals surface area (Å²) < 4.78 is 50.9. The minimum atomic E-state index is -4.34. The number of nitriles is 1. The van der Waals surface area contributed by atoms with Crippen LogP contribution in [0.1, 0.15) is 52.9 Å². The van der Waals surface area contributed by atoms with Crippen molar-refractivity contribution < 1.29 is 27.1 Å². The highest BCUT2D eigenvalue weighted by Crippen LogP contribution is 2.32. The lowest BCUT2D eigenvalue weighted by Crippen LogP contribution is -2.45. The lowest BCUT2D eigenvalue weighted by Gasteiger charge is -2.36. The first kappa shape index (κ1) is 30.5. The van der Waals surface area contributed by atoms with Gasteiger partial charge in [0, 0.05) is 69.7 Å². The number of piperidine rings is 2. The third-order valence-corrected chi connectivity index (χ3v) is 8.92. The summed E-state index contributed by atoms with van der Waals surface area (Å²) in [7, 11) is 1.84. The van der Waals surface area contributed by atoms with Crippen LogP contribution in [0.15, 0.2) is 77.2 Å². The van der Waals surface area contributed by atoms with Crippen molar-refractivity contribution >= 4 is 22.6 Å². The molecule has 0 spiro atoms. The number of carbonyl (C=O) groups excluding carboxylic acids is 1. The first-order valence-electron chi connectivity index (χ1n) is 15.3. The van der Waals surface area contributed by atoms with Crippen molar-refractivity contribution in [3.05, 3.63) is 95.2 Å². The van der Waals surface area contributed by atoms with E-state index in [1.165, 1.54) is 17.7 Å². The number of benzene rings is 3. The molecule has 0 radical (unpaired) electrons. The van der Waals surface area contributed by atoms with Gasteiger partial charge in [-0.05, 0) is 79.1 Å². The quantitative estimate of drug-likeness (QED) is 0.221. The zero-order valence-electron chi connectivity index (χ0n) is 25.1. The summed E-state index contributed by atoms with van der Waals surface area (Å²) in [6, 6.07) is 22.6. The zero-order chi connectivity index (χ0) is 31.6. The summed E-state index contributed by atoms with van der Waals surface area (Å²) in [4.78, 5) is 19.6. The van der Waals surface area contributed by atoms with Crippen molar-refractivity contribution in [1.82, 2.24) is 9.80 Å². The second-order valence-corrected chi connectivity index (χ2v) is 11.9. The Hall–Kier alpha value is -4.49. The fourth-order valence-corrected chi connectivity index (χ4v) is 6.23. The molecule has 2 aliphatic heterocycles. The molecule has 0 N–H and O–H groups in total. The van der Waals surface area contributed by atoms with E-state index in [1.807, 2.05) is 49.5 Å². The molecule has 10 heteroatoms. The molecule has 3 aromatic carbocycles. The molecule has 0 saturated carbocycles. The lowest BCUT2D eigenvalue weighted by atomic mass is 10.0. The number of anilines is 1. The molecule has 2 aliphatic rings. The van der Waals surface area contributed by atoms with Crippen LogP contribution in [0.2, 0.25) is 0 Å².